The fourth-order valence-electron chi connectivity index (χ4n) is 2.14. The van der Waals surface area contributed by atoms with Gasteiger partial charge in [0.25, 0.3) is 11.3 Å². The Balaban J connectivity index is 2.13. The normalized spacial score (nSPS) is 12.5. The van der Waals surface area contributed by atoms with Crippen LogP contribution in [0.15, 0.2) is 54.7 Å². The number of fused-ring (bicyclic) bond motifs is 1. The van der Waals surface area contributed by atoms with E-state index in [0.717, 1.165) is 22.0 Å². The second kappa shape index (κ2) is 4.87. The molecular weight excluding hydrogens is 260 g/mol. The maximum absolute atomic E-state index is 10.8. The quantitative estimate of drug-likeness (QED) is 0.640. The molecule has 96 valence electrons. The van der Waals surface area contributed by atoms with E-state index < -0.39 is 11.3 Å². The second-order valence-electron chi connectivity index (χ2n) is 4.18. The zero-order valence-electron chi connectivity index (χ0n) is 9.96. The zero-order chi connectivity index (χ0) is 13.2. The van der Waals surface area contributed by atoms with Crippen LogP contribution in [0.3, 0.4) is 0 Å². The average Bonchev–Trinajstić information content (AvgIpc) is 2.82. The summed E-state index contributed by atoms with van der Waals surface area (Å²) in [6.07, 6.45) is 1.94. The van der Waals surface area contributed by atoms with Crippen molar-refractivity contribution in [3.8, 4) is 11.1 Å². The highest BCUT2D eigenvalue weighted by Crippen LogP contribution is 2.30. The first-order chi connectivity index (χ1) is 9.24. The molecule has 5 heteroatoms. The molecule has 3 rings (SSSR count). The monoisotopic (exact) mass is 272 g/mol. The van der Waals surface area contributed by atoms with Gasteiger partial charge >= 0.3 is 0 Å². The maximum atomic E-state index is 10.8. The number of aromatic nitrogens is 1. The van der Waals surface area contributed by atoms with Gasteiger partial charge in [0.1, 0.15) is 0 Å². The third kappa shape index (κ3) is 2.38. The van der Waals surface area contributed by atoms with Gasteiger partial charge in [-0.05, 0) is 23.8 Å². The maximum Gasteiger partial charge on any atom is 0.259 e. The van der Waals surface area contributed by atoms with E-state index in [0.29, 0.717) is 5.69 Å². The van der Waals surface area contributed by atoms with Crippen LogP contribution in [-0.2, 0) is 11.3 Å². The zero-order valence-corrected chi connectivity index (χ0v) is 10.8. The molecule has 0 bridgehead atoms. The summed E-state index contributed by atoms with van der Waals surface area (Å²) in [5.41, 5.74) is 3.79. The molecule has 0 saturated heterocycles. The molecule has 1 unspecified atom stereocenters. The van der Waals surface area contributed by atoms with Gasteiger partial charge in [0.05, 0.1) is 0 Å². The third-order valence-corrected chi connectivity index (χ3v) is 3.38. The van der Waals surface area contributed by atoms with Crippen molar-refractivity contribution in [2.45, 2.75) is 0 Å². The van der Waals surface area contributed by atoms with E-state index >= 15 is 0 Å². The van der Waals surface area contributed by atoms with Crippen molar-refractivity contribution in [3.05, 3.63) is 54.7 Å². The third-order valence-electron chi connectivity index (χ3n) is 2.97. The van der Waals surface area contributed by atoms with E-state index in [4.69, 9.17) is 4.55 Å². The van der Waals surface area contributed by atoms with Crippen LogP contribution in [-0.4, -0.2) is 13.7 Å². The average molecular weight is 272 g/mol. The van der Waals surface area contributed by atoms with Crippen LogP contribution in [0, 0.1) is 0 Å². The van der Waals surface area contributed by atoms with Gasteiger partial charge in [-0.1, -0.05) is 30.3 Å². The fourth-order valence-corrected chi connectivity index (χ4v) is 2.47. The predicted molar refractivity (Wildman–Crippen MR) is 78.1 cm³/mol. The van der Waals surface area contributed by atoms with Crippen LogP contribution in [0.1, 0.15) is 0 Å². The van der Waals surface area contributed by atoms with Crippen LogP contribution >= 0.6 is 0 Å². The predicted octanol–water partition coefficient (Wildman–Crippen LogP) is 3.38. The summed E-state index contributed by atoms with van der Waals surface area (Å²) in [7, 11) is 0. The van der Waals surface area contributed by atoms with Crippen molar-refractivity contribution in [3.63, 3.8) is 0 Å². The summed E-state index contributed by atoms with van der Waals surface area (Å²) in [5.74, 6) is 0. The van der Waals surface area contributed by atoms with Gasteiger partial charge in [0.2, 0.25) is 0 Å². The lowest BCUT2D eigenvalue weighted by atomic mass is 10.0. The molecule has 3 N–H and O–H groups in total. The van der Waals surface area contributed by atoms with Crippen molar-refractivity contribution < 1.29 is 8.76 Å². The summed E-state index contributed by atoms with van der Waals surface area (Å²) in [6.45, 7) is 0. The van der Waals surface area contributed by atoms with Gasteiger partial charge in [0, 0.05) is 28.4 Å². The highest BCUT2D eigenvalue weighted by molar-refractivity contribution is 7.80. The Morgan fingerprint density at radius 1 is 1.11 bits per heavy atom. The molecule has 0 radical (unpaired) electrons. The molecule has 0 amide bonds. The first-order valence-corrected chi connectivity index (χ1v) is 6.89. The Labute approximate surface area is 112 Å². The number of hydrogen-bond donors (Lipinski definition) is 3. The van der Waals surface area contributed by atoms with Gasteiger partial charge in [-0.3, -0.25) is 9.27 Å². The van der Waals surface area contributed by atoms with Crippen LogP contribution in [0.2, 0.25) is 0 Å². The number of benzene rings is 2. The number of aromatic amines is 1. The molecule has 0 saturated carbocycles. The molecule has 1 heterocycles. The Morgan fingerprint density at radius 2 is 1.89 bits per heavy atom. The van der Waals surface area contributed by atoms with Gasteiger partial charge in [-0.2, -0.15) is 0 Å². The Kier molecular flexibility index (Phi) is 3.06. The van der Waals surface area contributed by atoms with Crippen LogP contribution in [0.4, 0.5) is 5.69 Å². The second-order valence-corrected chi connectivity index (χ2v) is 4.88. The molecular formula is C14H12N2O2S. The molecule has 0 fully saturated rings. The summed E-state index contributed by atoms with van der Waals surface area (Å²) < 4.78 is 22.1. The lowest BCUT2D eigenvalue weighted by molar-refractivity contribution is 0.570. The topological polar surface area (TPSA) is 65.1 Å². The van der Waals surface area contributed by atoms with Crippen molar-refractivity contribution >= 4 is 27.9 Å². The largest absolute Gasteiger partial charge is 0.361 e. The van der Waals surface area contributed by atoms with Crippen LogP contribution < -0.4 is 4.72 Å². The SMILES string of the molecule is O=S(O)Nc1ccc2[nH]cc(-c3ccccc3)c2c1. The van der Waals surface area contributed by atoms with Crippen molar-refractivity contribution in [1.82, 2.24) is 4.98 Å². The summed E-state index contributed by atoms with van der Waals surface area (Å²) in [6, 6.07) is 15.5. The minimum absolute atomic E-state index is 0.616. The van der Waals surface area contributed by atoms with E-state index in [1.165, 1.54) is 0 Å². The lowest BCUT2D eigenvalue weighted by Crippen LogP contribution is -2.01. The first kappa shape index (κ1) is 12.0. The van der Waals surface area contributed by atoms with Crippen LogP contribution in [0.5, 0.6) is 0 Å². The Bertz CT molecular complexity index is 738. The Morgan fingerprint density at radius 3 is 2.63 bits per heavy atom. The number of rotatable bonds is 3. The number of hydrogen-bond acceptors (Lipinski definition) is 1. The minimum Gasteiger partial charge on any atom is -0.361 e. The van der Waals surface area contributed by atoms with Gasteiger partial charge in [-0.15, -0.1) is 0 Å². The smallest absolute Gasteiger partial charge is 0.259 e. The summed E-state index contributed by atoms with van der Waals surface area (Å²) in [5, 5.41) is 1.02. The molecule has 2 aromatic carbocycles. The van der Waals surface area contributed by atoms with Crippen molar-refractivity contribution in [2.75, 3.05) is 4.72 Å². The van der Waals surface area contributed by atoms with E-state index in [2.05, 4.69) is 9.71 Å². The highest BCUT2D eigenvalue weighted by atomic mass is 32.2. The summed E-state index contributed by atoms with van der Waals surface area (Å²) in [4.78, 5) is 3.20. The first-order valence-electron chi connectivity index (χ1n) is 5.78. The number of H-pyrrole nitrogens is 1. The summed E-state index contributed by atoms with van der Waals surface area (Å²) >= 11 is -2.06. The lowest BCUT2D eigenvalue weighted by Gasteiger charge is -2.03. The van der Waals surface area contributed by atoms with Gasteiger partial charge < -0.3 is 4.98 Å². The molecule has 1 aromatic heterocycles. The molecule has 4 nitrogen and oxygen atoms in total. The molecule has 0 aliphatic rings. The Hall–Kier alpha value is -2.11. The van der Waals surface area contributed by atoms with Gasteiger partial charge in [0.15, 0.2) is 0 Å². The van der Waals surface area contributed by atoms with E-state index in [-0.39, 0.29) is 0 Å². The molecule has 1 atom stereocenters. The number of nitrogens with one attached hydrogen (secondary N) is 2. The highest BCUT2D eigenvalue weighted by Gasteiger charge is 2.07. The van der Waals surface area contributed by atoms with Crippen molar-refractivity contribution in [1.29, 1.82) is 0 Å². The number of anilines is 1. The van der Waals surface area contributed by atoms with Crippen molar-refractivity contribution in [2.24, 2.45) is 0 Å². The standard InChI is InChI=1S/C14H12N2O2S/c17-19(18)16-11-6-7-14-12(8-11)13(9-15-14)10-4-2-1-3-5-10/h1-9,15-16H,(H,17,18). The fraction of sp³-hybridized carbons (Fsp3) is 0. The molecule has 0 aliphatic heterocycles. The molecule has 19 heavy (non-hydrogen) atoms. The van der Waals surface area contributed by atoms with Gasteiger partial charge in [-0.25, -0.2) is 4.21 Å². The van der Waals surface area contributed by atoms with E-state index in [1.807, 2.05) is 48.7 Å². The van der Waals surface area contributed by atoms with E-state index in [9.17, 15) is 4.21 Å². The molecule has 3 aromatic rings. The minimum atomic E-state index is -2.06. The van der Waals surface area contributed by atoms with E-state index in [1.54, 1.807) is 6.07 Å². The van der Waals surface area contributed by atoms with Crippen LogP contribution in [0.25, 0.3) is 22.0 Å². The molecule has 0 aliphatic carbocycles. The molecule has 0 spiro atoms.